The SMILES string of the molecule is CCCC1SCC(C(=O)O)N1C(=O)N(C)CC(O)COC. The monoisotopic (exact) mass is 320 g/mol. The summed E-state index contributed by atoms with van der Waals surface area (Å²) in [7, 11) is 3.03. The van der Waals surface area contributed by atoms with Gasteiger partial charge in [0.25, 0.3) is 0 Å². The fraction of sp³-hybridized carbons (Fsp3) is 0.846. The molecule has 0 aliphatic carbocycles. The van der Waals surface area contributed by atoms with Gasteiger partial charge >= 0.3 is 12.0 Å². The van der Waals surface area contributed by atoms with Crippen molar-refractivity contribution < 1.29 is 24.5 Å². The Morgan fingerprint density at radius 1 is 1.52 bits per heavy atom. The zero-order chi connectivity index (χ0) is 16.0. The van der Waals surface area contributed by atoms with Gasteiger partial charge in [-0.2, -0.15) is 0 Å². The van der Waals surface area contributed by atoms with E-state index in [0.717, 1.165) is 12.8 Å². The van der Waals surface area contributed by atoms with Crippen molar-refractivity contribution in [2.45, 2.75) is 37.3 Å². The number of carboxylic acids is 1. The highest BCUT2D eigenvalue weighted by Crippen LogP contribution is 2.33. The molecule has 1 aliphatic heterocycles. The number of rotatable bonds is 7. The van der Waals surface area contributed by atoms with Crippen LogP contribution in [-0.4, -0.2) is 82.6 Å². The second-order valence-electron chi connectivity index (χ2n) is 5.11. The molecule has 0 aromatic rings. The van der Waals surface area contributed by atoms with Crippen LogP contribution in [0.25, 0.3) is 0 Å². The van der Waals surface area contributed by atoms with Crippen molar-refractivity contribution in [1.29, 1.82) is 0 Å². The molecule has 0 saturated carbocycles. The first-order chi connectivity index (χ1) is 9.92. The molecular weight excluding hydrogens is 296 g/mol. The maximum Gasteiger partial charge on any atom is 0.327 e. The molecule has 0 spiro atoms. The standard InChI is InChI=1S/C13H24N2O5S/c1-4-5-11-15(10(8-21-11)12(17)18)13(19)14(2)6-9(16)7-20-3/h9-11,16H,4-8H2,1-3H3,(H,17,18). The predicted molar refractivity (Wildman–Crippen MR) is 80.3 cm³/mol. The van der Waals surface area contributed by atoms with E-state index in [1.807, 2.05) is 6.92 Å². The third-order valence-corrected chi connectivity index (χ3v) is 4.66. The Balaban J connectivity index is 2.76. The van der Waals surface area contributed by atoms with Gasteiger partial charge in [0.15, 0.2) is 0 Å². The number of urea groups is 1. The van der Waals surface area contributed by atoms with Gasteiger partial charge in [-0.25, -0.2) is 9.59 Å². The lowest BCUT2D eigenvalue weighted by atomic mass is 10.2. The molecular formula is C13H24N2O5S. The smallest absolute Gasteiger partial charge is 0.327 e. The van der Waals surface area contributed by atoms with E-state index in [2.05, 4.69) is 0 Å². The van der Waals surface area contributed by atoms with E-state index in [1.54, 1.807) is 7.05 Å². The normalized spacial score (nSPS) is 23.1. The predicted octanol–water partition coefficient (Wildman–Crippen LogP) is 0.674. The van der Waals surface area contributed by atoms with Gasteiger partial charge in [0.05, 0.1) is 24.6 Å². The summed E-state index contributed by atoms with van der Waals surface area (Å²) in [5, 5.41) is 18.8. The van der Waals surface area contributed by atoms with Crippen molar-refractivity contribution in [2.24, 2.45) is 0 Å². The van der Waals surface area contributed by atoms with Crippen LogP contribution in [0.4, 0.5) is 4.79 Å². The van der Waals surface area contributed by atoms with E-state index >= 15 is 0 Å². The average Bonchev–Trinajstić information content (AvgIpc) is 2.82. The lowest BCUT2D eigenvalue weighted by Crippen LogP contribution is -2.52. The summed E-state index contributed by atoms with van der Waals surface area (Å²) >= 11 is 1.50. The number of hydrogen-bond acceptors (Lipinski definition) is 5. The zero-order valence-electron chi connectivity index (χ0n) is 12.7. The Kier molecular flexibility index (Phi) is 7.27. The number of aliphatic carboxylic acids is 1. The fourth-order valence-corrected chi connectivity index (χ4v) is 3.82. The summed E-state index contributed by atoms with van der Waals surface area (Å²) in [5.74, 6) is -0.583. The number of hydrogen-bond donors (Lipinski definition) is 2. The summed E-state index contributed by atoms with van der Waals surface area (Å²) in [5.41, 5.74) is 0. The quantitative estimate of drug-likeness (QED) is 0.717. The molecule has 8 heteroatoms. The molecule has 122 valence electrons. The molecule has 0 radical (unpaired) electrons. The summed E-state index contributed by atoms with van der Waals surface area (Å²) in [6.07, 6.45) is 0.852. The molecule has 1 fully saturated rings. The molecule has 0 bridgehead atoms. The molecule has 3 atom stereocenters. The maximum atomic E-state index is 12.5. The number of carbonyl (C=O) groups excluding carboxylic acids is 1. The topological polar surface area (TPSA) is 90.3 Å². The van der Waals surface area contributed by atoms with Gasteiger partial charge in [0.1, 0.15) is 6.04 Å². The lowest BCUT2D eigenvalue weighted by molar-refractivity contribution is -0.141. The zero-order valence-corrected chi connectivity index (χ0v) is 13.5. The summed E-state index contributed by atoms with van der Waals surface area (Å²) in [6, 6.07) is -1.16. The Morgan fingerprint density at radius 2 is 2.19 bits per heavy atom. The molecule has 0 aromatic carbocycles. The minimum Gasteiger partial charge on any atom is -0.480 e. The summed E-state index contributed by atoms with van der Waals surface area (Å²) in [4.78, 5) is 26.6. The Bertz CT molecular complexity index is 368. The molecule has 0 aromatic heterocycles. The highest BCUT2D eigenvalue weighted by molar-refractivity contribution is 8.00. The van der Waals surface area contributed by atoms with Gasteiger partial charge in [0, 0.05) is 19.9 Å². The second kappa shape index (κ2) is 8.45. The van der Waals surface area contributed by atoms with Crippen LogP contribution in [-0.2, 0) is 9.53 Å². The van der Waals surface area contributed by atoms with Gasteiger partial charge in [-0.05, 0) is 6.42 Å². The number of thioether (sulfide) groups is 1. The van der Waals surface area contributed by atoms with Crippen molar-refractivity contribution in [3.05, 3.63) is 0 Å². The number of ether oxygens (including phenoxy) is 1. The maximum absolute atomic E-state index is 12.5. The van der Waals surface area contributed by atoms with E-state index < -0.39 is 18.1 Å². The van der Waals surface area contributed by atoms with Crippen molar-refractivity contribution in [1.82, 2.24) is 9.80 Å². The lowest BCUT2D eigenvalue weighted by Gasteiger charge is -2.32. The van der Waals surface area contributed by atoms with Gasteiger partial charge in [-0.1, -0.05) is 13.3 Å². The third-order valence-electron chi connectivity index (χ3n) is 3.30. The molecule has 1 aliphatic rings. The van der Waals surface area contributed by atoms with Gasteiger partial charge < -0.3 is 19.8 Å². The molecule has 2 amide bonds. The van der Waals surface area contributed by atoms with E-state index in [1.165, 1.54) is 28.7 Å². The van der Waals surface area contributed by atoms with Crippen LogP contribution >= 0.6 is 11.8 Å². The van der Waals surface area contributed by atoms with Crippen LogP contribution in [0.5, 0.6) is 0 Å². The van der Waals surface area contributed by atoms with Gasteiger partial charge in [-0.15, -0.1) is 11.8 Å². The van der Waals surface area contributed by atoms with E-state index in [4.69, 9.17) is 4.74 Å². The van der Waals surface area contributed by atoms with Crippen LogP contribution in [0.1, 0.15) is 19.8 Å². The minimum absolute atomic E-state index is 0.110. The number of aliphatic hydroxyl groups is 1. The average molecular weight is 320 g/mol. The number of carboxylic acid groups (broad SMARTS) is 1. The highest BCUT2D eigenvalue weighted by atomic mass is 32.2. The van der Waals surface area contributed by atoms with Crippen molar-refractivity contribution in [3.63, 3.8) is 0 Å². The first-order valence-electron chi connectivity index (χ1n) is 6.97. The highest BCUT2D eigenvalue weighted by Gasteiger charge is 2.42. The van der Waals surface area contributed by atoms with Gasteiger partial charge in [-0.3, -0.25) is 4.90 Å². The number of likely N-dealkylation sites (N-methyl/N-ethyl adjacent to an activating group) is 1. The molecule has 21 heavy (non-hydrogen) atoms. The van der Waals surface area contributed by atoms with Gasteiger partial charge in [0.2, 0.25) is 0 Å². The van der Waals surface area contributed by atoms with Crippen LogP contribution in [0.15, 0.2) is 0 Å². The van der Waals surface area contributed by atoms with Crippen LogP contribution in [0, 0.1) is 0 Å². The first-order valence-corrected chi connectivity index (χ1v) is 8.02. The molecule has 7 nitrogen and oxygen atoms in total. The molecule has 1 saturated heterocycles. The number of carbonyl (C=O) groups is 2. The fourth-order valence-electron chi connectivity index (χ4n) is 2.32. The Hall–Kier alpha value is -0.990. The van der Waals surface area contributed by atoms with Crippen molar-refractivity contribution in [2.75, 3.05) is 33.1 Å². The summed E-state index contributed by atoms with van der Waals surface area (Å²) < 4.78 is 4.83. The third kappa shape index (κ3) is 4.76. The van der Waals surface area contributed by atoms with Crippen molar-refractivity contribution >= 4 is 23.8 Å². The van der Waals surface area contributed by atoms with E-state index in [-0.39, 0.29) is 24.6 Å². The minimum atomic E-state index is -0.986. The van der Waals surface area contributed by atoms with E-state index in [9.17, 15) is 19.8 Å². The van der Waals surface area contributed by atoms with Crippen LogP contribution in [0.2, 0.25) is 0 Å². The number of nitrogens with zero attached hydrogens (tertiary/aromatic N) is 2. The van der Waals surface area contributed by atoms with Crippen LogP contribution in [0.3, 0.4) is 0 Å². The van der Waals surface area contributed by atoms with E-state index in [0.29, 0.717) is 5.75 Å². The second-order valence-corrected chi connectivity index (χ2v) is 6.32. The Morgan fingerprint density at radius 3 is 2.71 bits per heavy atom. The molecule has 1 heterocycles. The molecule has 2 N–H and O–H groups in total. The number of methoxy groups -OCH3 is 1. The first kappa shape index (κ1) is 18.1. The van der Waals surface area contributed by atoms with Crippen molar-refractivity contribution in [3.8, 4) is 0 Å². The number of amides is 2. The Labute approximate surface area is 129 Å². The van der Waals surface area contributed by atoms with Crippen LogP contribution < -0.4 is 0 Å². The largest absolute Gasteiger partial charge is 0.480 e. The molecule has 3 unspecified atom stereocenters. The summed E-state index contributed by atoms with van der Waals surface area (Å²) in [6.45, 7) is 2.25. The number of aliphatic hydroxyl groups excluding tert-OH is 1. The molecule has 1 rings (SSSR count).